The van der Waals surface area contributed by atoms with Gasteiger partial charge in [-0.2, -0.15) is 0 Å². The molecule has 15 nitrogen and oxygen atoms in total. The number of amides is 6. The molecule has 66 heavy (non-hydrogen) atoms. The standard InChI is InChI=1S/C50H61N7O8S/c1-29-45(66-28-53-29)35-18-16-32(17-19-35)25-52-47(62)39-24-37(58)26-56(39)49(64)46(50(3,4)5)55-42(60)22-31-12-14-33(15-13-31)27-65-30(2)38(20-21-41(51)59)54-48(63)40-23-36-10-6-8-34-9-7-11-43(61)57(40)44(34)36/h6,8,10,12-19,28,30,37-40,46,58H,7,9,11,20-27H2,1-5H3,(H2,51,59)(H,52,62)(H,54,63)(H,55,60)/t30-,37-,38+,39+,40+,46-/m1/s1. The van der Waals surface area contributed by atoms with E-state index in [-0.39, 0.29) is 69.0 Å². The van der Waals surface area contributed by atoms with Crippen molar-refractivity contribution >= 4 is 52.5 Å². The summed E-state index contributed by atoms with van der Waals surface area (Å²) >= 11 is 1.57. The summed E-state index contributed by atoms with van der Waals surface area (Å²) in [5.74, 6) is -2.09. The minimum Gasteiger partial charge on any atom is -0.391 e. The SMILES string of the molecule is Cc1ncsc1-c1ccc(CNC(=O)[C@@H]2C[C@@H](O)CN2C(=O)[C@@H](NC(=O)Cc2ccc(CO[C@H](C)[C@H](CCC(N)=O)NC(=O)[C@@H]3Cc4cccc5c4N3C(=O)CCC5)cc2)C(C)(C)C)cc1. The number of thiazole rings is 1. The van der Waals surface area contributed by atoms with Gasteiger partial charge in [0.05, 0.1) is 53.0 Å². The number of carbonyl (C=O) groups is 6. The predicted octanol–water partition coefficient (Wildman–Crippen LogP) is 4.42. The smallest absolute Gasteiger partial charge is 0.246 e. The zero-order valence-electron chi connectivity index (χ0n) is 38.3. The summed E-state index contributed by atoms with van der Waals surface area (Å²) < 4.78 is 6.23. The van der Waals surface area contributed by atoms with E-state index in [0.717, 1.165) is 56.9 Å². The maximum Gasteiger partial charge on any atom is 0.246 e. The maximum atomic E-state index is 14.2. The average Bonchev–Trinajstić information content (AvgIpc) is 3.99. The molecule has 0 spiro atoms. The van der Waals surface area contributed by atoms with Gasteiger partial charge in [0.2, 0.25) is 35.4 Å². The van der Waals surface area contributed by atoms with Crippen LogP contribution in [0.5, 0.6) is 0 Å². The van der Waals surface area contributed by atoms with Crippen molar-refractivity contribution in [2.75, 3.05) is 11.4 Å². The molecule has 6 N–H and O–H groups in total. The number of aryl methyl sites for hydroxylation is 2. The molecule has 3 aliphatic rings. The van der Waals surface area contributed by atoms with Crippen molar-refractivity contribution in [3.8, 4) is 10.4 Å². The van der Waals surface area contributed by atoms with E-state index < -0.39 is 53.6 Å². The fourth-order valence-corrected chi connectivity index (χ4v) is 9.92. The second kappa shape index (κ2) is 20.7. The number of nitrogens with one attached hydrogen (secondary N) is 3. The van der Waals surface area contributed by atoms with Crippen LogP contribution in [0.1, 0.15) is 93.3 Å². The number of benzene rings is 3. The number of likely N-dealkylation sites (tertiary alicyclic amines) is 1. The number of ether oxygens (including phenoxy) is 1. The molecule has 3 aromatic carbocycles. The van der Waals surface area contributed by atoms with Gasteiger partial charge in [0.1, 0.15) is 18.1 Å². The molecule has 4 aromatic rings. The van der Waals surface area contributed by atoms with Crippen molar-refractivity contribution in [1.82, 2.24) is 25.8 Å². The third-order valence-corrected chi connectivity index (χ3v) is 13.8. The first-order chi connectivity index (χ1) is 31.5. The van der Waals surface area contributed by atoms with Crippen LogP contribution in [0.4, 0.5) is 5.69 Å². The molecule has 0 unspecified atom stereocenters. The van der Waals surface area contributed by atoms with Crippen LogP contribution >= 0.6 is 11.3 Å². The molecular weight excluding hydrogens is 859 g/mol. The van der Waals surface area contributed by atoms with E-state index in [1.807, 2.05) is 94.7 Å². The van der Waals surface area contributed by atoms with Crippen LogP contribution in [0, 0.1) is 12.3 Å². The second-order valence-corrected chi connectivity index (χ2v) is 19.7. The van der Waals surface area contributed by atoms with Gasteiger partial charge in [0.15, 0.2) is 0 Å². The average molecular weight is 920 g/mol. The molecule has 6 atom stereocenters. The Hall–Kier alpha value is -5.97. The van der Waals surface area contributed by atoms with E-state index in [0.29, 0.717) is 18.4 Å². The summed E-state index contributed by atoms with van der Waals surface area (Å²) in [6.45, 7) is 9.69. The van der Waals surface area contributed by atoms with E-state index in [9.17, 15) is 33.9 Å². The van der Waals surface area contributed by atoms with Gasteiger partial charge in [-0.15, -0.1) is 11.3 Å². The van der Waals surface area contributed by atoms with Crippen LogP contribution in [0.25, 0.3) is 10.4 Å². The van der Waals surface area contributed by atoms with Crippen LogP contribution < -0.4 is 26.6 Å². The largest absolute Gasteiger partial charge is 0.391 e. The number of aromatic nitrogens is 1. The molecule has 1 aromatic heterocycles. The number of carbonyl (C=O) groups excluding carboxylic acids is 6. The minimum absolute atomic E-state index is 0.0153. The number of nitrogens with zero attached hydrogens (tertiary/aromatic N) is 3. The summed E-state index contributed by atoms with van der Waals surface area (Å²) in [5, 5.41) is 19.6. The maximum absolute atomic E-state index is 14.2. The fraction of sp³-hybridized carbons (Fsp3) is 0.460. The molecule has 0 bridgehead atoms. The van der Waals surface area contributed by atoms with Crippen LogP contribution in [-0.4, -0.2) is 93.4 Å². The first-order valence-electron chi connectivity index (χ1n) is 22.7. The Morgan fingerprint density at radius 1 is 0.924 bits per heavy atom. The van der Waals surface area contributed by atoms with Gasteiger partial charge in [0, 0.05) is 38.8 Å². The first-order valence-corrected chi connectivity index (χ1v) is 23.6. The number of β-amino-alcohol motifs (C(OH)–C–C–N with tert-alkyl or cyclic N) is 1. The Morgan fingerprint density at radius 2 is 1.62 bits per heavy atom. The molecule has 0 radical (unpaired) electrons. The Balaban J connectivity index is 0.921. The Bertz CT molecular complexity index is 2430. The van der Waals surface area contributed by atoms with Gasteiger partial charge in [-0.25, -0.2) is 4.98 Å². The van der Waals surface area contributed by atoms with Gasteiger partial charge in [-0.05, 0) is 71.9 Å². The van der Waals surface area contributed by atoms with Crippen molar-refractivity contribution in [3.63, 3.8) is 0 Å². The van der Waals surface area contributed by atoms with E-state index in [4.69, 9.17) is 10.5 Å². The van der Waals surface area contributed by atoms with Crippen molar-refractivity contribution in [3.05, 3.63) is 106 Å². The molecular formula is C50H61N7O8S. The fourth-order valence-electron chi connectivity index (χ4n) is 9.11. The predicted molar refractivity (Wildman–Crippen MR) is 251 cm³/mol. The lowest BCUT2D eigenvalue weighted by Gasteiger charge is -2.35. The molecule has 6 amide bonds. The van der Waals surface area contributed by atoms with Crippen LogP contribution in [0.2, 0.25) is 0 Å². The second-order valence-electron chi connectivity index (χ2n) is 18.8. The highest BCUT2D eigenvalue weighted by molar-refractivity contribution is 7.13. The van der Waals surface area contributed by atoms with E-state index in [2.05, 4.69) is 20.9 Å². The molecule has 3 aliphatic heterocycles. The third kappa shape index (κ3) is 11.3. The van der Waals surface area contributed by atoms with E-state index in [1.165, 1.54) is 4.90 Å². The zero-order chi connectivity index (χ0) is 47.3. The van der Waals surface area contributed by atoms with Crippen LogP contribution in [0.3, 0.4) is 0 Å². The highest BCUT2D eigenvalue weighted by atomic mass is 32.1. The summed E-state index contributed by atoms with van der Waals surface area (Å²) in [6, 6.07) is 17.9. The van der Waals surface area contributed by atoms with Crippen molar-refractivity contribution in [1.29, 1.82) is 0 Å². The number of aliphatic hydroxyl groups is 1. The summed E-state index contributed by atoms with van der Waals surface area (Å²) in [5.41, 5.74) is 13.9. The molecule has 4 heterocycles. The summed E-state index contributed by atoms with van der Waals surface area (Å²) in [7, 11) is 0. The third-order valence-electron chi connectivity index (χ3n) is 12.8. The van der Waals surface area contributed by atoms with E-state index >= 15 is 0 Å². The summed E-state index contributed by atoms with van der Waals surface area (Å²) in [6.07, 6.45) is 1.22. The molecule has 1 saturated heterocycles. The molecule has 0 saturated carbocycles. The number of rotatable bonds is 17. The van der Waals surface area contributed by atoms with Gasteiger partial charge >= 0.3 is 0 Å². The quantitative estimate of drug-likeness (QED) is 0.101. The molecule has 16 heteroatoms. The number of nitrogens with two attached hydrogens (primary N) is 1. The highest BCUT2D eigenvalue weighted by Gasteiger charge is 2.45. The minimum atomic E-state index is -0.975. The van der Waals surface area contributed by atoms with Gasteiger partial charge in [-0.1, -0.05) is 87.5 Å². The van der Waals surface area contributed by atoms with Crippen molar-refractivity contribution < 1.29 is 38.6 Å². The molecule has 350 valence electrons. The Morgan fingerprint density at radius 3 is 2.30 bits per heavy atom. The topological polar surface area (TPSA) is 213 Å². The Kier molecular flexibility index (Phi) is 15.0. The lowest BCUT2D eigenvalue weighted by molar-refractivity contribution is -0.144. The number of primary amides is 1. The molecule has 7 rings (SSSR count). The number of para-hydroxylation sites is 1. The number of hydrogen-bond donors (Lipinski definition) is 5. The molecule has 1 fully saturated rings. The number of hydrogen-bond acceptors (Lipinski definition) is 10. The van der Waals surface area contributed by atoms with Gasteiger partial charge in [0.25, 0.3) is 0 Å². The summed E-state index contributed by atoms with van der Waals surface area (Å²) in [4.78, 5) is 88.6. The normalized spacial score (nSPS) is 19.4. The molecule has 0 aliphatic carbocycles. The van der Waals surface area contributed by atoms with Crippen LogP contribution in [-0.2, 0) is 65.9 Å². The monoisotopic (exact) mass is 919 g/mol. The zero-order valence-corrected chi connectivity index (χ0v) is 39.1. The van der Waals surface area contributed by atoms with Gasteiger partial charge < -0.3 is 36.4 Å². The number of aliphatic hydroxyl groups excluding tert-OH is 1. The number of anilines is 1. The Labute approximate surface area is 389 Å². The van der Waals surface area contributed by atoms with Crippen molar-refractivity contribution in [2.24, 2.45) is 11.1 Å². The lowest BCUT2D eigenvalue weighted by atomic mass is 9.85. The van der Waals surface area contributed by atoms with Crippen molar-refractivity contribution in [2.45, 2.75) is 136 Å². The highest BCUT2D eigenvalue weighted by Crippen LogP contribution is 2.39. The lowest BCUT2D eigenvalue weighted by Crippen LogP contribution is -2.58. The van der Waals surface area contributed by atoms with E-state index in [1.54, 1.807) is 28.4 Å². The van der Waals surface area contributed by atoms with Crippen LogP contribution in [0.15, 0.2) is 72.2 Å². The van der Waals surface area contributed by atoms with Gasteiger partial charge in [-0.3, -0.25) is 33.7 Å². The first kappa shape index (κ1) is 48.0.